The third-order valence-electron chi connectivity index (χ3n) is 6.41. The third kappa shape index (κ3) is 6.26. The van der Waals surface area contributed by atoms with Crippen LogP contribution in [0.3, 0.4) is 0 Å². The van der Waals surface area contributed by atoms with E-state index in [0.29, 0.717) is 52.3 Å². The molecule has 4 aromatic rings. The molecule has 2 aromatic carbocycles. The van der Waals surface area contributed by atoms with Crippen LogP contribution in [0.25, 0.3) is 5.82 Å². The molecule has 2 unspecified atom stereocenters. The molecule has 11 heteroatoms. The number of nitrogens with zero attached hydrogens (tertiary/aromatic N) is 3. The molecule has 202 valence electrons. The molecule has 5 rings (SSSR count). The van der Waals surface area contributed by atoms with E-state index in [9.17, 15) is 14.3 Å². The van der Waals surface area contributed by atoms with Crippen molar-refractivity contribution in [2.24, 2.45) is 0 Å². The van der Waals surface area contributed by atoms with Gasteiger partial charge >= 0.3 is 0 Å². The second-order valence-electron chi connectivity index (χ2n) is 9.20. The first kappa shape index (κ1) is 26.8. The molecule has 9 nitrogen and oxygen atoms in total. The van der Waals surface area contributed by atoms with E-state index in [1.165, 1.54) is 6.07 Å². The first-order valence-electron chi connectivity index (χ1n) is 12.5. The van der Waals surface area contributed by atoms with Crippen LogP contribution in [0.5, 0.6) is 0 Å². The Morgan fingerprint density at radius 3 is 2.95 bits per heavy atom. The Morgan fingerprint density at radius 2 is 2.18 bits per heavy atom. The molecule has 1 fully saturated rings. The number of rotatable bonds is 8. The van der Waals surface area contributed by atoms with Crippen molar-refractivity contribution >= 4 is 29.1 Å². The lowest BCUT2D eigenvalue weighted by Gasteiger charge is -2.24. The maximum Gasteiger partial charge on any atom is 0.253 e. The van der Waals surface area contributed by atoms with Gasteiger partial charge in [0.1, 0.15) is 11.6 Å². The Hall–Kier alpha value is -3.83. The normalized spacial score (nSPS) is 16.1. The summed E-state index contributed by atoms with van der Waals surface area (Å²) in [4.78, 5) is 21.9. The van der Waals surface area contributed by atoms with E-state index in [4.69, 9.17) is 16.3 Å². The number of hydrogen-bond donors (Lipinski definition) is 4. The van der Waals surface area contributed by atoms with Gasteiger partial charge in [-0.2, -0.15) is 4.98 Å². The molecule has 3 heterocycles. The molecule has 0 spiro atoms. The van der Waals surface area contributed by atoms with Crippen molar-refractivity contribution in [3.8, 4) is 5.82 Å². The molecular formula is C28H28ClFN6O3. The molecule has 1 saturated heterocycles. The highest BCUT2D eigenvalue weighted by Crippen LogP contribution is 2.27. The smallest absolute Gasteiger partial charge is 0.253 e. The highest BCUT2D eigenvalue weighted by molar-refractivity contribution is 6.30. The van der Waals surface area contributed by atoms with Crippen LogP contribution in [0.2, 0.25) is 5.02 Å². The van der Waals surface area contributed by atoms with Gasteiger partial charge in [-0.15, -0.1) is 0 Å². The fourth-order valence-electron chi connectivity index (χ4n) is 4.38. The van der Waals surface area contributed by atoms with Crippen LogP contribution in [0.15, 0.2) is 67.1 Å². The number of aromatic nitrogens is 3. The summed E-state index contributed by atoms with van der Waals surface area (Å²) in [5, 5.41) is 19.5. The van der Waals surface area contributed by atoms with Crippen LogP contribution in [0.1, 0.15) is 39.2 Å². The van der Waals surface area contributed by atoms with Gasteiger partial charge in [-0.25, -0.2) is 9.37 Å². The van der Waals surface area contributed by atoms with Gasteiger partial charge < -0.3 is 30.4 Å². The van der Waals surface area contributed by atoms with Gasteiger partial charge in [0.2, 0.25) is 5.95 Å². The first-order valence-corrected chi connectivity index (χ1v) is 12.9. The zero-order valence-electron chi connectivity index (χ0n) is 21.2. The van der Waals surface area contributed by atoms with Crippen molar-refractivity contribution < 1.29 is 19.0 Å². The van der Waals surface area contributed by atoms with E-state index in [-0.39, 0.29) is 24.4 Å². The van der Waals surface area contributed by atoms with Gasteiger partial charge in [0.15, 0.2) is 0 Å². The minimum absolute atomic E-state index is 0.276. The van der Waals surface area contributed by atoms with Gasteiger partial charge in [0.25, 0.3) is 5.91 Å². The van der Waals surface area contributed by atoms with Gasteiger partial charge in [-0.05, 0) is 48.9 Å². The SMILES string of the molecule is Cc1cnc(Nc2ccc(F)c(C3CNCCO3)c2)nc1-n1ccc(C(=O)NC(CO)c2cccc(Cl)c2)c1. The molecule has 2 atom stereocenters. The van der Waals surface area contributed by atoms with Gasteiger partial charge in [0, 0.05) is 53.5 Å². The number of carbonyl (C=O) groups is 1. The third-order valence-corrected chi connectivity index (χ3v) is 6.65. The summed E-state index contributed by atoms with van der Waals surface area (Å²) >= 11 is 6.06. The average Bonchev–Trinajstić information content (AvgIpc) is 3.44. The Balaban J connectivity index is 1.33. The lowest BCUT2D eigenvalue weighted by molar-refractivity contribution is 0.0256. The van der Waals surface area contributed by atoms with Crippen molar-refractivity contribution in [3.63, 3.8) is 0 Å². The van der Waals surface area contributed by atoms with E-state index < -0.39 is 6.04 Å². The molecule has 39 heavy (non-hydrogen) atoms. The van der Waals surface area contributed by atoms with E-state index in [1.54, 1.807) is 65.6 Å². The number of aryl methyl sites for hydroxylation is 1. The Labute approximate surface area is 230 Å². The highest BCUT2D eigenvalue weighted by Gasteiger charge is 2.20. The van der Waals surface area contributed by atoms with Gasteiger partial charge in [0.05, 0.1) is 30.9 Å². The van der Waals surface area contributed by atoms with Crippen LogP contribution >= 0.6 is 11.6 Å². The number of amides is 1. The number of morpholine rings is 1. The first-order chi connectivity index (χ1) is 18.9. The maximum absolute atomic E-state index is 14.5. The Kier molecular flexibility index (Phi) is 8.18. The molecule has 0 bridgehead atoms. The number of ether oxygens (including phenoxy) is 1. The quantitative estimate of drug-likeness (QED) is 0.259. The predicted octanol–water partition coefficient (Wildman–Crippen LogP) is 4.24. The zero-order valence-corrected chi connectivity index (χ0v) is 22.0. The fourth-order valence-corrected chi connectivity index (χ4v) is 4.58. The Bertz CT molecular complexity index is 1470. The molecule has 1 aliphatic rings. The second kappa shape index (κ2) is 11.9. The zero-order chi connectivity index (χ0) is 27.4. The molecule has 0 radical (unpaired) electrons. The summed E-state index contributed by atoms with van der Waals surface area (Å²) in [6.45, 7) is 3.38. The number of anilines is 2. The molecular weight excluding hydrogens is 523 g/mol. The summed E-state index contributed by atoms with van der Waals surface area (Å²) < 4.78 is 21.9. The number of benzene rings is 2. The summed E-state index contributed by atoms with van der Waals surface area (Å²) in [5.74, 6) is 0.201. The minimum atomic E-state index is -0.605. The van der Waals surface area contributed by atoms with Crippen molar-refractivity contribution in [2.75, 3.05) is 31.6 Å². The highest BCUT2D eigenvalue weighted by atomic mass is 35.5. The maximum atomic E-state index is 14.5. The van der Waals surface area contributed by atoms with Crippen LogP contribution in [-0.2, 0) is 4.74 Å². The van der Waals surface area contributed by atoms with Crippen LogP contribution in [-0.4, -0.2) is 51.9 Å². The number of halogens is 2. The van der Waals surface area contributed by atoms with Gasteiger partial charge in [-0.1, -0.05) is 23.7 Å². The number of nitrogens with one attached hydrogen (secondary N) is 3. The van der Waals surface area contributed by atoms with E-state index in [2.05, 4.69) is 25.9 Å². The molecule has 0 aliphatic carbocycles. The van der Waals surface area contributed by atoms with Crippen molar-refractivity contribution in [1.82, 2.24) is 25.2 Å². The van der Waals surface area contributed by atoms with Crippen LogP contribution < -0.4 is 16.0 Å². The molecule has 1 amide bonds. The monoisotopic (exact) mass is 550 g/mol. The Morgan fingerprint density at radius 1 is 1.31 bits per heavy atom. The summed E-state index contributed by atoms with van der Waals surface area (Å²) in [6, 6.07) is 12.8. The topological polar surface area (TPSA) is 113 Å². The minimum Gasteiger partial charge on any atom is -0.394 e. The second-order valence-corrected chi connectivity index (χ2v) is 9.63. The lowest BCUT2D eigenvalue weighted by atomic mass is 10.1. The van der Waals surface area contributed by atoms with E-state index >= 15 is 0 Å². The summed E-state index contributed by atoms with van der Waals surface area (Å²) in [7, 11) is 0. The lowest BCUT2D eigenvalue weighted by Crippen LogP contribution is -2.33. The van der Waals surface area contributed by atoms with E-state index in [0.717, 1.165) is 12.1 Å². The summed E-state index contributed by atoms with van der Waals surface area (Å²) in [6.07, 6.45) is 4.68. The van der Waals surface area contributed by atoms with Crippen molar-refractivity contribution in [3.05, 3.63) is 100 Å². The average molecular weight is 551 g/mol. The predicted molar refractivity (Wildman–Crippen MR) is 146 cm³/mol. The molecule has 2 aromatic heterocycles. The summed E-state index contributed by atoms with van der Waals surface area (Å²) in [5.41, 5.74) is 2.97. The van der Waals surface area contributed by atoms with Crippen LogP contribution in [0, 0.1) is 12.7 Å². The van der Waals surface area contributed by atoms with Crippen LogP contribution in [0.4, 0.5) is 16.0 Å². The molecule has 0 saturated carbocycles. The number of carbonyl (C=O) groups excluding carboxylic acids is 1. The fraction of sp³-hybridized carbons (Fsp3) is 0.250. The number of hydrogen-bond acceptors (Lipinski definition) is 7. The molecule has 1 aliphatic heterocycles. The largest absolute Gasteiger partial charge is 0.394 e. The molecule has 4 N–H and O–H groups in total. The standard InChI is InChI=1S/C28H28ClFN6O3/c1-17-13-32-28(33-21-5-6-23(30)22(12-21)25-14-31-8-10-39-25)35-26(17)36-9-7-19(15-36)27(38)34-24(16-37)18-3-2-4-20(29)11-18/h2-7,9,11-13,15,24-25,31,37H,8,10,14,16H2,1H3,(H,34,38)(H,32,33,35). The number of aliphatic hydroxyl groups is 1. The van der Waals surface area contributed by atoms with E-state index in [1.807, 2.05) is 6.92 Å². The van der Waals surface area contributed by atoms with Crippen molar-refractivity contribution in [1.29, 1.82) is 0 Å². The number of aliphatic hydroxyl groups excluding tert-OH is 1. The van der Waals surface area contributed by atoms with Crippen molar-refractivity contribution in [2.45, 2.75) is 19.1 Å². The van der Waals surface area contributed by atoms with Gasteiger partial charge in [-0.3, -0.25) is 4.79 Å².